The number of amides is 1. The second-order valence-electron chi connectivity index (χ2n) is 7.07. The second-order valence-corrected chi connectivity index (χ2v) is 7.07. The minimum absolute atomic E-state index is 0.283. The maximum absolute atomic E-state index is 11.7. The van der Waals surface area contributed by atoms with Crippen LogP contribution < -0.4 is 5.32 Å². The van der Waals surface area contributed by atoms with Crippen LogP contribution in [-0.2, 0) is 4.79 Å². The Balaban J connectivity index is 1.66. The first-order valence-electron chi connectivity index (χ1n) is 7.15. The molecule has 4 aliphatic carbocycles. The number of rotatable bonds is 1. The molecular formula is C14H22N2O. The summed E-state index contributed by atoms with van der Waals surface area (Å²) in [4.78, 5) is 13.7. The quantitative estimate of drug-likeness (QED) is 0.747. The lowest BCUT2D eigenvalue weighted by Crippen LogP contribution is -2.58. The van der Waals surface area contributed by atoms with Gasteiger partial charge in [-0.15, -0.1) is 0 Å². The van der Waals surface area contributed by atoms with Crippen molar-refractivity contribution >= 4 is 5.91 Å². The van der Waals surface area contributed by atoms with E-state index in [2.05, 4.69) is 5.32 Å². The lowest BCUT2D eigenvalue weighted by molar-refractivity contribution is -0.134. The predicted octanol–water partition coefficient (Wildman–Crippen LogP) is 1.59. The predicted molar refractivity (Wildman–Crippen MR) is 65.2 cm³/mol. The van der Waals surface area contributed by atoms with Gasteiger partial charge in [0.15, 0.2) is 0 Å². The zero-order valence-electron chi connectivity index (χ0n) is 10.6. The molecule has 17 heavy (non-hydrogen) atoms. The van der Waals surface area contributed by atoms with Gasteiger partial charge in [0.25, 0.3) is 0 Å². The van der Waals surface area contributed by atoms with E-state index in [0.29, 0.717) is 18.1 Å². The van der Waals surface area contributed by atoms with Crippen LogP contribution in [0.15, 0.2) is 0 Å². The molecule has 0 radical (unpaired) electrons. The zero-order chi connectivity index (χ0) is 11.6. The number of carbonyl (C=O) groups excluding carboxylic acids is 1. The second kappa shape index (κ2) is 3.25. The minimum atomic E-state index is 0.283. The molecule has 1 saturated heterocycles. The van der Waals surface area contributed by atoms with Gasteiger partial charge in [0.1, 0.15) is 0 Å². The van der Waals surface area contributed by atoms with Crippen LogP contribution in [0.3, 0.4) is 0 Å². The Kier molecular flexibility index (Phi) is 1.98. The average Bonchev–Trinajstić information content (AvgIpc) is 2.58. The van der Waals surface area contributed by atoms with E-state index in [-0.39, 0.29) is 5.91 Å². The first-order chi connectivity index (χ1) is 8.16. The van der Waals surface area contributed by atoms with E-state index in [1.165, 1.54) is 38.5 Å². The third-order valence-corrected chi connectivity index (χ3v) is 5.89. The first-order valence-corrected chi connectivity index (χ1v) is 7.15. The summed E-state index contributed by atoms with van der Waals surface area (Å²) in [5.41, 5.74) is 0.426. The molecule has 5 fully saturated rings. The Morgan fingerprint density at radius 3 is 2.06 bits per heavy atom. The molecular weight excluding hydrogens is 212 g/mol. The molecule has 5 rings (SSSR count). The SMILES string of the molecule is CN1C(=O)CNC1C12CC3CC(CC(C3)C1)C2. The van der Waals surface area contributed by atoms with Crippen molar-refractivity contribution in [2.45, 2.75) is 44.7 Å². The molecule has 94 valence electrons. The summed E-state index contributed by atoms with van der Waals surface area (Å²) >= 11 is 0. The van der Waals surface area contributed by atoms with Crippen molar-refractivity contribution in [2.75, 3.05) is 13.6 Å². The van der Waals surface area contributed by atoms with Crippen molar-refractivity contribution in [1.82, 2.24) is 10.2 Å². The van der Waals surface area contributed by atoms with Gasteiger partial charge in [-0.1, -0.05) is 0 Å². The molecule has 1 atom stereocenters. The fourth-order valence-electron chi connectivity index (χ4n) is 5.73. The van der Waals surface area contributed by atoms with E-state index in [9.17, 15) is 4.79 Å². The largest absolute Gasteiger partial charge is 0.329 e. The fourth-order valence-corrected chi connectivity index (χ4v) is 5.73. The summed E-state index contributed by atoms with van der Waals surface area (Å²) in [7, 11) is 1.99. The van der Waals surface area contributed by atoms with E-state index < -0.39 is 0 Å². The number of carbonyl (C=O) groups is 1. The number of likely N-dealkylation sites (N-methyl/N-ethyl adjacent to an activating group) is 1. The van der Waals surface area contributed by atoms with Crippen molar-refractivity contribution < 1.29 is 4.79 Å². The van der Waals surface area contributed by atoms with Crippen molar-refractivity contribution in [3.63, 3.8) is 0 Å². The van der Waals surface area contributed by atoms with Gasteiger partial charge >= 0.3 is 0 Å². The molecule has 1 N–H and O–H groups in total. The number of nitrogens with one attached hydrogen (secondary N) is 1. The highest BCUT2D eigenvalue weighted by molar-refractivity contribution is 5.80. The third-order valence-electron chi connectivity index (χ3n) is 5.89. The van der Waals surface area contributed by atoms with Gasteiger partial charge < -0.3 is 4.90 Å². The molecule has 0 aromatic heterocycles. The van der Waals surface area contributed by atoms with Crippen molar-refractivity contribution in [3.8, 4) is 0 Å². The summed E-state index contributed by atoms with van der Waals surface area (Å²) in [6, 6.07) is 0. The third kappa shape index (κ3) is 1.35. The normalized spacial score (nSPS) is 52.5. The van der Waals surface area contributed by atoms with Crippen LogP contribution in [0.4, 0.5) is 0 Å². The molecule has 3 heteroatoms. The van der Waals surface area contributed by atoms with Crippen molar-refractivity contribution in [3.05, 3.63) is 0 Å². The van der Waals surface area contributed by atoms with Crippen LogP contribution in [0.25, 0.3) is 0 Å². The van der Waals surface area contributed by atoms with Crippen molar-refractivity contribution in [2.24, 2.45) is 23.2 Å². The van der Waals surface area contributed by atoms with Gasteiger partial charge in [0.05, 0.1) is 12.7 Å². The maximum atomic E-state index is 11.7. The summed E-state index contributed by atoms with van der Waals surface area (Å²) in [5, 5.41) is 3.49. The van der Waals surface area contributed by atoms with E-state index in [1.807, 2.05) is 11.9 Å². The number of nitrogens with zero attached hydrogens (tertiary/aromatic N) is 1. The first kappa shape index (κ1) is 10.4. The van der Waals surface area contributed by atoms with E-state index in [4.69, 9.17) is 0 Å². The van der Waals surface area contributed by atoms with E-state index in [0.717, 1.165) is 17.8 Å². The maximum Gasteiger partial charge on any atom is 0.237 e. The van der Waals surface area contributed by atoms with Crippen LogP contribution in [-0.4, -0.2) is 30.6 Å². The van der Waals surface area contributed by atoms with Crippen LogP contribution in [0.2, 0.25) is 0 Å². The smallest absolute Gasteiger partial charge is 0.237 e. The lowest BCUT2D eigenvalue weighted by Gasteiger charge is -2.59. The monoisotopic (exact) mass is 234 g/mol. The highest BCUT2D eigenvalue weighted by Crippen LogP contribution is 2.61. The molecule has 0 spiro atoms. The standard InChI is InChI=1S/C14H22N2O/c1-16-12(17)8-15-13(16)14-5-9-2-10(6-14)4-11(3-9)7-14/h9-11,13,15H,2-8H2,1H3. The zero-order valence-corrected chi connectivity index (χ0v) is 10.6. The Bertz CT molecular complexity index is 330. The van der Waals surface area contributed by atoms with E-state index in [1.54, 1.807) is 0 Å². The summed E-state index contributed by atoms with van der Waals surface area (Å²) in [5.74, 6) is 3.18. The van der Waals surface area contributed by atoms with Gasteiger partial charge in [0, 0.05) is 12.5 Å². The van der Waals surface area contributed by atoms with Gasteiger partial charge in [-0.2, -0.15) is 0 Å². The van der Waals surface area contributed by atoms with Gasteiger partial charge in [0.2, 0.25) is 5.91 Å². The Morgan fingerprint density at radius 2 is 1.65 bits per heavy atom. The summed E-state index contributed by atoms with van der Waals surface area (Å²) in [6.45, 7) is 0.558. The summed E-state index contributed by atoms with van der Waals surface area (Å²) < 4.78 is 0. The molecule has 3 nitrogen and oxygen atoms in total. The Labute approximate surface area is 103 Å². The average molecular weight is 234 g/mol. The van der Waals surface area contributed by atoms with Crippen LogP contribution in [0, 0.1) is 23.2 Å². The van der Waals surface area contributed by atoms with Gasteiger partial charge in [-0.05, 0) is 56.3 Å². The molecule has 1 unspecified atom stereocenters. The number of hydrogen-bond acceptors (Lipinski definition) is 2. The minimum Gasteiger partial charge on any atom is -0.329 e. The molecule has 5 aliphatic rings. The molecule has 4 saturated carbocycles. The summed E-state index contributed by atoms with van der Waals surface area (Å²) in [6.07, 6.45) is 8.87. The highest BCUT2D eigenvalue weighted by Gasteiger charge is 2.56. The Morgan fingerprint density at radius 1 is 1.12 bits per heavy atom. The molecule has 1 heterocycles. The Hall–Kier alpha value is -0.570. The van der Waals surface area contributed by atoms with Gasteiger partial charge in [-0.3, -0.25) is 10.1 Å². The fraction of sp³-hybridized carbons (Fsp3) is 0.929. The molecule has 1 aliphatic heterocycles. The molecule has 4 bridgehead atoms. The van der Waals surface area contributed by atoms with Crippen molar-refractivity contribution in [1.29, 1.82) is 0 Å². The lowest BCUT2D eigenvalue weighted by atomic mass is 9.48. The molecule has 0 aromatic rings. The van der Waals surface area contributed by atoms with Crippen LogP contribution >= 0.6 is 0 Å². The topological polar surface area (TPSA) is 32.3 Å². The van der Waals surface area contributed by atoms with Crippen LogP contribution in [0.1, 0.15) is 38.5 Å². The highest BCUT2D eigenvalue weighted by atomic mass is 16.2. The molecule has 1 amide bonds. The van der Waals surface area contributed by atoms with Crippen LogP contribution in [0.5, 0.6) is 0 Å². The number of hydrogen-bond donors (Lipinski definition) is 1. The van der Waals surface area contributed by atoms with E-state index >= 15 is 0 Å². The van der Waals surface area contributed by atoms with Gasteiger partial charge in [-0.25, -0.2) is 0 Å². The molecule has 0 aromatic carbocycles.